The summed E-state index contributed by atoms with van der Waals surface area (Å²) in [6.07, 6.45) is 6.92. The van der Waals surface area contributed by atoms with E-state index in [9.17, 15) is 0 Å². The second-order valence-corrected chi connectivity index (χ2v) is 27.3. The van der Waals surface area contributed by atoms with Crippen molar-refractivity contribution in [2.45, 2.75) is 115 Å². The lowest BCUT2D eigenvalue weighted by atomic mass is 9.43. The van der Waals surface area contributed by atoms with E-state index >= 15 is 0 Å². The molecule has 0 unspecified atom stereocenters. The minimum absolute atomic E-state index is 0.00945. The number of nitrogens with zero attached hydrogens (tertiary/aromatic N) is 1. The summed E-state index contributed by atoms with van der Waals surface area (Å²) in [5, 5.41) is 0. The van der Waals surface area contributed by atoms with Gasteiger partial charge >= 0.3 is 0 Å². The highest BCUT2D eigenvalue weighted by atomic mass is 15.1. The van der Waals surface area contributed by atoms with Gasteiger partial charge in [0.25, 0.3) is 0 Å². The van der Waals surface area contributed by atoms with Gasteiger partial charge < -0.3 is 4.90 Å². The smallest absolute Gasteiger partial charge is 0.0726 e. The van der Waals surface area contributed by atoms with Crippen molar-refractivity contribution in [1.29, 1.82) is 0 Å². The maximum absolute atomic E-state index is 2.69. The van der Waals surface area contributed by atoms with Crippen molar-refractivity contribution in [3.8, 4) is 55.6 Å². The monoisotopic (exact) mass is 996 g/mol. The summed E-state index contributed by atoms with van der Waals surface area (Å²) in [5.74, 6) is 3.14. The van der Waals surface area contributed by atoms with E-state index in [0.29, 0.717) is 11.8 Å². The molecule has 8 aliphatic rings. The average Bonchev–Trinajstić information content (AvgIpc) is 4.20. The molecule has 9 aromatic carbocycles. The van der Waals surface area contributed by atoms with Gasteiger partial charge in [0.2, 0.25) is 0 Å². The van der Waals surface area contributed by atoms with Crippen LogP contribution < -0.4 is 4.90 Å². The first kappa shape index (κ1) is 45.9. The van der Waals surface area contributed by atoms with Crippen LogP contribution in [-0.4, -0.2) is 0 Å². The van der Waals surface area contributed by atoms with Crippen LogP contribution in [0.4, 0.5) is 17.1 Å². The molecular weight excluding hydrogens is 927 g/mol. The van der Waals surface area contributed by atoms with Crippen molar-refractivity contribution in [2.75, 3.05) is 4.90 Å². The number of anilines is 3. The molecule has 0 saturated heterocycles. The third-order valence-corrected chi connectivity index (χ3v) is 21.0. The maximum atomic E-state index is 2.69. The molecule has 9 aromatic rings. The summed E-state index contributed by atoms with van der Waals surface area (Å²) in [6.45, 7) is 19.0. The van der Waals surface area contributed by atoms with E-state index in [1.165, 1.54) is 149 Å². The Morgan fingerprint density at radius 2 is 0.792 bits per heavy atom. The summed E-state index contributed by atoms with van der Waals surface area (Å²) < 4.78 is 0. The lowest BCUT2D eigenvalue weighted by Gasteiger charge is -2.61. The van der Waals surface area contributed by atoms with Crippen LogP contribution in [0.25, 0.3) is 55.6 Å². The minimum atomic E-state index is -0.489. The normalized spacial score (nSPS) is 22.5. The SMILES string of the molecule is CC(C)(C)c1ccc2c(c1)-c1cc(C(C)(C)C)ccc1C21c2ccccc2-c2ccc(N(c3ccc(-c4cccc5c4C(C)(C)c4ccccc4-5)cc3)c3ccc4c(c3)C3(c5ccccc5-4)C4CC5CC(C4)CC3C5)cc21. The second kappa shape index (κ2) is 15.5. The molecule has 0 heterocycles. The Morgan fingerprint density at radius 3 is 1.38 bits per heavy atom. The topological polar surface area (TPSA) is 3.24 Å². The molecule has 17 rings (SSSR count). The Kier molecular flexibility index (Phi) is 9.25. The van der Waals surface area contributed by atoms with Crippen LogP contribution in [0.5, 0.6) is 0 Å². The standard InChI is InChI=1S/C76H69N/c1-72(2,3)48-26-34-67-62(41-48)63-42-49(73(4,5)6)27-35-68(63)76(67)66-23-14-11-17-57(66)60-33-31-54(44-70(60)76)77(52-28-24-47(25-29-52)55-19-15-20-61-58-18-9-12-21-64(58)74(7,8)71(55)61)53-30-32-59-56-16-10-13-22-65(56)75(69(59)43-53)50-37-45-36-46(39-50)40-51(75)38-45/h9-35,41-46,50-51H,36-40H2,1-8H3. The first-order valence-corrected chi connectivity index (χ1v) is 29.1. The highest BCUT2D eigenvalue weighted by Gasteiger charge is 2.62. The zero-order chi connectivity index (χ0) is 52.1. The van der Waals surface area contributed by atoms with E-state index in [-0.39, 0.29) is 21.7 Å². The molecule has 4 fully saturated rings. The summed E-state index contributed by atoms with van der Waals surface area (Å²) in [6, 6.07) is 74.7. The zero-order valence-electron chi connectivity index (χ0n) is 46.2. The molecule has 2 spiro atoms. The first-order chi connectivity index (χ1) is 37.1. The average molecular weight is 996 g/mol. The van der Waals surface area contributed by atoms with Crippen LogP contribution in [0, 0.1) is 23.7 Å². The molecule has 1 nitrogen and oxygen atoms in total. The molecule has 4 saturated carbocycles. The molecule has 8 aliphatic carbocycles. The largest absolute Gasteiger partial charge is 0.310 e. The molecule has 77 heavy (non-hydrogen) atoms. The lowest BCUT2D eigenvalue weighted by molar-refractivity contribution is -0.0399. The van der Waals surface area contributed by atoms with Crippen LogP contribution in [0.3, 0.4) is 0 Å². The van der Waals surface area contributed by atoms with E-state index in [1.54, 1.807) is 11.1 Å². The summed E-state index contributed by atoms with van der Waals surface area (Å²) in [7, 11) is 0. The van der Waals surface area contributed by atoms with Gasteiger partial charge in [0, 0.05) is 27.9 Å². The van der Waals surface area contributed by atoms with Crippen molar-refractivity contribution < 1.29 is 0 Å². The fourth-order valence-corrected chi connectivity index (χ4v) is 17.9. The van der Waals surface area contributed by atoms with Gasteiger partial charge in [0.15, 0.2) is 0 Å². The van der Waals surface area contributed by atoms with Gasteiger partial charge in [-0.05, 0) is 214 Å². The predicted octanol–water partition coefficient (Wildman–Crippen LogP) is 19.8. The maximum Gasteiger partial charge on any atom is 0.0726 e. The third-order valence-electron chi connectivity index (χ3n) is 21.0. The van der Waals surface area contributed by atoms with Gasteiger partial charge in [0.05, 0.1) is 5.41 Å². The molecule has 0 aromatic heterocycles. The predicted molar refractivity (Wildman–Crippen MR) is 321 cm³/mol. The van der Waals surface area contributed by atoms with Crippen molar-refractivity contribution in [2.24, 2.45) is 23.7 Å². The second-order valence-electron chi connectivity index (χ2n) is 27.3. The fourth-order valence-electron chi connectivity index (χ4n) is 17.9. The van der Waals surface area contributed by atoms with Crippen molar-refractivity contribution in [1.82, 2.24) is 0 Å². The fraction of sp³-hybridized carbons (Fsp3) is 0.289. The van der Waals surface area contributed by atoms with E-state index < -0.39 is 5.41 Å². The summed E-state index contributed by atoms with van der Waals surface area (Å²) in [5.41, 5.74) is 31.1. The third kappa shape index (κ3) is 6.02. The molecule has 4 bridgehead atoms. The Balaban J connectivity index is 0.922. The van der Waals surface area contributed by atoms with E-state index in [4.69, 9.17) is 0 Å². The van der Waals surface area contributed by atoms with Crippen molar-refractivity contribution >= 4 is 17.1 Å². The Bertz CT molecular complexity index is 3900. The molecular formula is C76H69N. The number of fused-ring (bicyclic) bond motifs is 16. The summed E-state index contributed by atoms with van der Waals surface area (Å²) >= 11 is 0. The number of hydrogen-bond acceptors (Lipinski definition) is 1. The number of benzene rings is 9. The molecule has 1 heteroatoms. The van der Waals surface area contributed by atoms with Crippen molar-refractivity contribution in [3.05, 3.63) is 244 Å². The molecule has 0 radical (unpaired) electrons. The number of rotatable bonds is 4. The highest BCUT2D eigenvalue weighted by Crippen LogP contribution is 2.70. The number of hydrogen-bond donors (Lipinski definition) is 0. The Morgan fingerprint density at radius 1 is 0.351 bits per heavy atom. The minimum Gasteiger partial charge on any atom is -0.310 e. The highest BCUT2D eigenvalue weighted by molar-refractivity contribution is 5.97. The Hall–Kier alpha value is -7.22. The van der Waals surface area contributed by atoms with E-state index in [2.05, 4.69) is 248 Å². The molecule has 0 atom stereocenters. The molecule has 0 amide bonds. The van der Waals surface area contributed by atoms with Gasteiger partial charge in [-0.2, -0.15) is 0 Å². The van der Waals surface area contributed by atoms with Crippen LogP contribution >= 0.6 is 0 Å². The van der Waals surface area contributed by atoms with Gasteiger partial charge in [0.1, 0.15) is 0 Å². The molecule has 0 aliphatic heterocycles. The van der Waals surface area contributed by atoms with Crippen LogP contribution in [-0.2, 0) is 27.1 Å². The molecule has 378 valence electrons. The zero-order valence-corrected chi connectivity index (χ0v) is 46.2. The van der Waals surface area contributed by atoms with Gasteiger partial charge in [-0.25, -0.2) is 0 Å². The van der Waals surface area contributed by atoms with Gasteiger partial charge in [-0.15, -0.1) is 0 Å². The van der Waals surface area contributed by atoms with E-state index in [1.807, 2.05) is 0 Å². The van der Waals surface area contributed by atoms with Gasteiger partial charge in [-0.1, -0.05) is 207 Å². The first-order valence-electron chi connectivity index (χ1n) is 29.1. The van der Waals surface area contributed by atoms with Crippen LogP contribution in [0.2, 0.25) is 0 Å². The Labute approximate surface area is 457 Å². The van der Waals surface area contributed by atoms with Gasteiger partial charge in [-0.3, -0.25) is 0 Å². The van der Waals surface area contributed by atoms with Crippen LogP contribution in [0.1, 0.15) is 143 Å². The quantitative estimate of drug-likeness (QED) is 0.170. The summed E-state index contributed by atoms with van der Waals surface area (Å²) in [4.78, 5) is 2.63. The molecule has 0 N–H and O–H groups in total. The lowest BCUT2D eigenvalue weighted by Crippen LogP contribution is -2.55. The van der Waals surface area contributed by atoms with Crippen molar-refractivity contribution in [3.63, 3.8) is 0 Å². The van der Waals surface area contributed by atoms with E-state index in [0.717, 1.165) is 11.8 Å². The van der Waals surface area contributed by atoms with Crippen LogP contribution in [0.15, 0.2) is 188 Å².